The molecule has 6 heteroatoms. The van der Waals surface area contributed by atoms with E-state index in [-0.39, 0.29) is 11.4 Å². The van der Waals surface area contributed by atoms with E-state index in [9.17, 15) is 4.79 Å². The van der Waals surface area contributed by atoms with Gasteiger partial charge in [0, 0.05) is 17.1 Å². The third kappa shape index (κ3) is 2.48. The number of rotatable bonds is 2. The Bertz CT molecular complexity index is 747. The summed E-state index contributed by atoms with van der Waals surface area (Å²) in [6, 6.07) is 4.03. The Kier molecular flexibility index (Phi) is 3.14. The highest BCUT2D eigenvalue weighted by Gasteiger charge is 2.19. The maximum Gasteiger partial charge on any atom is 0.269 e. The van der Waals surface area contributed by atoms with E-state index >= 15 is 0 Å². The van der Waals surface area contributed by atoms with Gasteiger partial charge in [0.25, 0.3) is 5.91 Å². The third-order valence-corrected chi connectivity index (χ3v) is 4.44. The number of nitrogens with zero attached hydrogens (tertiary/aromatic N) is 2. The van der Waals surface area contributed by atoms with Crippen LogP contribution in [0.2, 0.25) is 0 Å². The molecule has 0 bridgehead atoms. The number of carbonyl (C=O) groups is 1. The minimum atomic E-state index is -0.248. The topological polar surface area (TPSA) is 46.4 Å². The zero-order chi connectivity index (χ0) is 14.3. The van der Waals surface area contributed by atoms with Crippen molar-refractivity contribution in [3.63, 3.8) is 0 Å². The molecule has 0 aliphatic rings. The summed E-state index contributed by atoms with van der Waals surface area (Å²) in [5.74, 6) is -0.0705. The molecule has 0 unspecified atom stereocenters. The van der Waals surface area contributed by atoms with Crippen molar-refractivity contribution in [2.75, 3.05) is 0 Å². The zero-order valence-electron chi connectivity index (χ0n) is 11.5. The van der Waals surface area contributed by atoms with E-state index in [2.05, 4.69) is 10.3 Å². The highest BCUT2D eigenvalue weighted by atomic mass is 32.1. The number of thiophene rings is 1. The maximum absolute atomic E-state index is 12.3. The van der Waals surface area contributed by atoms with Crippen LogP contribution in [0, 0.1) is 0 Å². The van der Waals surface area contributed by atoms with E-state index in [4.69, 9.17) is 0 Å². The van der Waals surface area contributed by atoms with Crippen LogP contribution in [0.3, 0.4) is 0 Å². The van der Waals surface area contributed by atoms with Crippen LogP contribution in [0.25, 0.3) is 15.5 Å². The van der Waals surface area contributed by atoms with E-state index in [1.165, 1.54) is 11.3 Å². The van der Waals surface area contributed by atoms with Gasteiger partial charge in [0.15, 0.2) is 4.96 Å². The molecule has 104 valence electrons. The summed E-state index contributed by atoms with van der Waals surface area (Å²) in [5.41, 5.74) is 1.30. The Labute approximate surface area is 125 Å². The average molecular weight is 305 g/mol. The lowest BCUT2D eigenvalue weighted by Crippen LogP contribution is -2.41. The van der Waals surface area contributed by atoms with Gasteiger partial charge in [0.2, 0.25) is 0 Å². The summed E-state index contributed by atoms with van der Waals surface area (Å²) in [5, 5.41) is 6.85. The number of hydrogen-bond acceptors (Lipinski definition) is 4. The highest BCUT2D eigenvalue weighted by molar-refractivity contribution is 7.15. The van der Waals surface area contributed by atoms with Crippen LogP contribution in [0.4, 0.5) is 0 Å². The number of fused-ring (bicyclic) bond motifs is 1. The summed E-state index contributed by atoms with van der Waals surface area (Å²) < 4.78 is 1.86. The molecule has 3 aromatic heterocycles. The lowest BCUT2D eigenvalue weighted by atomic mass is 10.1. The molecule has 20 heavy (non-hydrogen) atoms. The molecule has 0 radical (unpaired) electrons. The van der Waals surface area contributed by atoms with Crippen LogP contribution < -0.4 is 5.32 Å². The summed E-state index contributed by atoms with van der Waals surface area (Å²) >= 11 is 3.13. The molecule has 1 amide bonds. The Morgan fingerprint density at radius 2 is 2.15 bits per heavy atom. The van der Waals surface area contributed by atoms with E-state index < -0.39 is 0 Å². The van der Waals surface area contributed by atoms with Gasteiger partial charge in [-0.25, -0.2) is 4.98 Å². The lowest BCUT2D eigenvalue weighted by molar-refractivity contribution is 0.0914. The summed E-state index contributed by atoms with van der Waals surface area (Å²) in [4.78, 5) is 18.8. The number of nitrogens with one attached hydrogen (secondary N) is 1. The zero-order valence-corrected chi connectivity index (χ0v) is 13.1. The SMILES string of the molecule is CC(C)(C)NC(=O)c1csc2nc(-c3cccs3)cn12. The second kappa shape index (κ2) is 4.71. The van der Waals surface area contributed by atoms with Crippen molar-refractivity contribution < 1.29 is 4.79 Å². The average Bonchev–Trinajstić information content (AvgIpc) is 3.02. The fraction of sp³-hybridized carbons (Fsp3) is 0.286. The van der Waals surface area contributed by atoms with E-state index in [1.807, 2.05) is 54.3 Å². The molecule has 0 saturated heterocycles. The molecule has 0 aromatic carbocycles. The first kappa shape index (κ1) is 13.3. The molecule has 0 saturated carbocycles. The normalized spacial score (nSPS) is 11.9. The minimum absolute atomic E-state index is 0.0705. The van der Waals surface area contributed by atoms with Gasteiger partial charge in [-0.15, -0.1) is 22.7 Å². The monoisotopic (exact) mass is 305 g/mol. The first-order valence-corrected chi connectivity index (χ1v) is 8.03. The maximum atomic E-state index is 12.3. The number of carbonyl (C=O) groups excluding carboxylic acids is 1. The smallest absolute Gasteiger partial charge is 0.269 e. The molecule has 0 aliphatic carbocycles. The molecule has 3 rings (SSSR count). The van der Waals surface area contributed by atoms with Crippen LogP contribution >= 0.6 is 22.7 Å². The molecule has 1 N–H and O–H groups in total. The predicted octanol–water partition coefficient (Wildman–Crippen LogP) is 3.65. The molecule has 0 fully saturated rings. The fourth-order valence-electron chi connectivity index (χ4n) is 1.89. The van der Waals surface area contributed by atoms with Crippen LogP contribution in [0.1, 0.15) is 31.3 Å². The second-order valence-electron chi connectivity index (χ2n) is 5.58. The Balaban J connectivity index is 1.99. The van der Waals surface area contributed by atoms with Gasteiger partial charge in [-0.05, 0) is 32.2 Å². The van der Waals surface area contributed by atoms with Gasteiger partial charge in [-0.3, -0.25) is 9.20 Å². The number of hydrogen-bond donors (Lipinski definition) is 1. The molecule has 0 aliphatic heterocycles. The Morgan fingerprint density at radius 3 is 2.80 bits per heavy atom. The van der Waals surface area contributed by atoms with Gasteiger partial charge in [0.1, 0.15) is 11.4 Å². The number of aromatic nitrogens is 2. The van der Waals surface area contributed by atoms with Crippen molar-refractivity contribution in [1.29, 1.82) is 0 Å². The Morgan fingerprint density at radius 1 is 1.35 bits per heavy atom. The standard InChI is InChI=1S/C14H15N3OS2/c1-14(2,3)16-12(18)10-8-20-13-15-9(7-17(10)13)11-5-4-6-19-11/h4-8H,1-3H3,(H,16,18). The molecule has 3 heterocycles. The molecule has 3 aromatic rings. The van der Waals surface area contributed by atoms with Crippen molar-refractivity contribution in [3.8, 4) is 10.6 Å². The summed E-state index contributed by atoms with van der Waals surface area (Å²) in [6.45, 7) is 5.92. The van der Waals surface area contributed by atoms with Crippen LogP contribution in [0.5, 0.6) is 0 Å². The minimum Gasteiger partial charge on any atom is -0.346 e. The largest absolute Gasteiger partial charge is 0.346 e. The van der Waals surface area contributed by atoms with E-state index in [1.54, 1.807) is 11.3 Å². The molecule has 0 spiro atoms. The van der Waals surface area contributed by atoms with Crippen LogP contribution in [-0.2, 0) is 0 Å². The van der Waals surface area contributed by atoms with Gasteiger partial charge in [-0.1, -0.05) is 6.07 Å². The molecule has 0 atom stereocenters. The number of thiazole rings is 1. The van der Waals surface area contributed by atoms with Crippen LogP contribution in [0.15, 0.2) is 29.1 Å². The molecule has 4 nitrogen and oxygen atoms in total. The third-order valence-electron chi connectivity index (χ3n) is 2.70. The van der Waals surface area contributed by atoms with Crippen molar-refractivity contribution in [1.82, 2.24) is 14.7 Å². The summed E-state index contributed by atoms with van der Waals surface area (Å²) in [7, 11) is 0. The molecular formula is C14H15N3OS2. The van der Waals surface area contributed by atoms with Crippen molar-refractivity contribution >= 4 is 33.5 Å². The van der Waals surface area contributed by atoms with Crippen molar-refractivity contribution in [2.24, 2.45) is 0 Å². The number of amides is 1. The first-order valence-electron chi connectivity index (χ1n) is 6.27. The van der Waals surface area contributed by atoms with Crippen molar-refractivity contribution in [2.45, 2.75) is 26.3 Å². The molecular weight excluding hydrogens is 290 g/mol. The van der Waals surface area contributed by atoms with E-state index in [0.29, 0.717) is 5.69 Å². The van der Waals surface area contributed by atoms with Crippen molar-refractivity contribution in [3.05, 3.63) is 34.8 Å². The van der Waals surface area contributed by atoms with Gasteiger partial charge in [0.05, 0.1) is 4.88 Å². The first-order chi connectivity index (χ1) is 9.44. The van der Waals surface area contributed by atoms with Gasteiger partial charge < -0.3 is 5.32 Å². The fourth-order valence-corrected chi connectivity index (χ4v) is 3.43. The lowest BCUT2D eigenvalue weighted by Gasteiger charge is -2.19. The highest BCUT2D eigenvalue weighted by Crippen LogP contribution is 2.27. The summed E-state index contributed by atoms with van der Waals surface area (Å²) in [6.07, 6.45) is 1.93. The van der Waals surface area contributed by atoms with Gasteiger partial charge >= 0.3 is 0 Å². The van der Waals surface area contributed by atoms with Crippen LogP contribution in [-0.4, -0.2) is 20.8 Å². The quantitative estimate of drug-likeness (QED) is 0.785. The number of imidazole rings is 1. The predicted molar refractivity (Wildman–Crippen MR) is 83.6 cm³/mol. The Hall–Kier alpha value is -1.66. The van der Waals surface area contributed by atoms with E-state index in [0.717, 1.165) is 15.5 Å². The second-order valence-corrected chi connectivity index (χ2v) is 7.37. The van der Waals surface area contributed by atoms with Gasteiger partial charge in [-0.2, -0.15) is 0 Å².